The maximum absolute atomic E-state index is 12.2. The van der Waals surface area contributed by atoms with Gasteiger partial charge in [0, 0.05) is 38.6 Å². The molecule has 30 heavy (non-hydrogen) atoms. The van der Waals surface area contributed by atoms with Crippen molar-refractivity contribution in [3.63, 3.8) is 0 Å². The normalized spacial score (nSPS) is 14.6. The topological polar surface area (TPSA) is 111 Å². The Morgan fingerprint density at radius 1 is 1.13 bits per heavy atom. The summed E-state index contributed by atoms with van der Waals surface area (Å²) < 4.78 is 15.9. The van der Waals surface area contributed by atoms with Gasteiger partial charge in [-0.15, -0.1) is 0 Å². The predicted octanol–water partition coefficient (Wildman–Crippen LogP) is 2.67. The summed E-state index contributed by atoms with van der Waals surface area (Å²) in [6.45, 7) is 11.5. The molecule has 10 heteroatoms. The van der Waals surface area contributed by atoms with Gasteiger partial charge in [-0.1, -0.05) is 0 Å². The number of piperazine rings is 1. The first kappa shape index (κ1) is 21.5. The Bertz CT molecular complexity index is 895. The molecule has 1 saturated heterocycles. The number of nitrogens with zero attached hydrogens (tertiary/aromatic N) is 5. The summed E-state index contributed by atoms with van der Waals surface area (Å²) in [5, 5.41) is 0. The number of esters is 1. The molecule has 0 unspecified atom stereocenters. The molecule has 3 rings (SSSR count). The number of hydrogen-bond donors (Lipinski definition) is 0. The SMILES string of the molecule is CCOC(=O)c1oc(-c2cnc(N3CCN(C(=O)OC(C)(C)C)CC3)nc2)nc1C. The van der Waals surface area contributed by atoms with E-state index in [0.29, 0.717) is 43.4 Å². The third-order valence-corrected chi connectivity index (χ3v) is 4.36. The lowest BCUT2D eigenvalue weighted by molar-refractivity contribution is 0.0239. The summed E-state index contributed by atoms with van der Waals surface area (Å²) in [4.78, 5) is 40.8. The van der Waals surface area contributed by atoms with Crippen molar-refractivity contribution in [2.75, 3.05) is 37.7 Å². The van der Waals surface area contributed by atoms with Crippen LogP contribution in [0.3, 0.4) is 0 Å². The molecule has 2 aromatic rings. The summed E-state index contributed by atoms with van der Waals surface area (Å²) in [7, 11) is 0. The van der Waals surface area contributed by atoms with Gasteiger partial charge in [0.25, 0.3) is 0 Å². The second-order valence-electron chi connectivity index (χ2n) is 7.88. The van der Waals surface area contributed by atoms with Crippen LogP contribution in [0, 0.1) is 6.92 Å². The van der Waals surface area contributed by atoms with E-state index in [0.717, 1.165) is 0 Å². The Labute approximate surface area is 175 Å². The number of hydrogen-bond acceptors (Lipinski definition) is 9. The van der Waals surface area contributed by atoms with Crippen LogP contribution in [0.4, 0.5) is 10.7 Å². The van der Waals surface area contributed by atoms with Gasteiger partial charge >= 0.3 is 12.1 Å². The first-order valence-corrected chi connectivity index (χ1v) is 9.87. The van der Waals surface area contributed by atoms with Crippen LogP contribution in [0.15, 0.2) is 16.8 Å². The van der Waals surface area contributed by atoms with E-state index >= 15 is 0 Å². The van der Waals surface area contributed by atoms with E-state index in [1.165, 1.54) is 0 Å². The molecule has 1 aliphatic heterocycles. The van der Waals surface area contributed by atoms with E-state index in [9.17, 15) is 9.59 Å². The van der Waals surface area contributed by atoms with Gasteiger partial charge in [0.1, 0.15) is 5.60 Å². The molecule has 1 fully saturated rings. The maximum Gasteiger partial charge on any atom is 0.410 e. The number of aromatic nitrogens is 3. The molecule has 0 atom stereocenters. The van der Waals surface area contributed by atoms with Crippen molar-refractivity contribution in [3.8, 4) is 11.5 Å². The van der Waals surface area contributed by atoms with E-state index < -0.39 is 11.6 Å². The van der Waals surface area contributed by atoms with E-state index in [1.54, 1.807) is 31.1 Å². The second kappa shape index (κ2) is 8.68. The quantitative estimate of drug-likeness (QED) is 0.693. The second-order valence-corrected chi connectivity index (χ2v) is 7.88. The number of carbonyl (C=O) groups excluding carboxylic acids is 2. The molecular weight excluding hydrogens is 390 g/mol. The monoisotopic (exact) mass is 417 g/mol. The molecule has 0 saturated carbocycles. The molecule has 1 aliphatic rings. The van der Waals surface area contributed by atoms with Crippen LogP contribution < -0.4 is 4.90 Å². The third kappa shape index (κ3) is 5.05. The van der Waals surface area contributed by atoms with Crippen molar-refractivity contribution >= 4 is 18.0 Å². The van der Waals surface area contributed by atoms with Gasteiger partial charge in [0.05, 0.1) is 17.9 Å². The number of rotatable bonds is 4. The zero-order chi connectivity index (χ0) is 21.9. The molecule has 0 N–H and O–H groups in total. The maximum atomic E-state index is 12.2. The van der Waals surface area contributed by atoms with Gasteiger partial charge < -0.3 is 23.7 Å². The Morgan fingerprint density at radius 3 is 2.33 bits per heavy atom. The molecule has 0 radical (unpaired) electrons. The molecule has 0 spiro atoms. The Balaban J connectivity index is 1.63. The number of ether oxygens (including phenoxy) is 2. The van der Waals surface area contributed by atoms with Crippen molar-refractivity contribution in [1.29, 1.82) is 0 Å². The lowest BCUT2D eigenvalue weighted by atomic mass is 10.2. The standard InChI is InChI=1S/C20H27N5O5/c1-6-28-17(26)15-13(2)23-16(29-15)14-11-21-18(22-12-14)24-7-9-25(10-8-24)19(27)30-20(3,4)5/h11-12H,6-10H2,1-5H3. The number of carbonyl (C=O) groups is 2. The Hall–Kier alpha value is -3.17. The molecule has 0 aromatic carbocycles. The number of aryl methyl sites for hydroxylation is 1. The molecule has 10 nitrogen and oxygen atoms in total. The minimum atomic E-state index is -0.547. The summed E-state index contributed by atoms with van der Waals surface area (Å²) in [6.07, 6.45) is 2.89. The van der Waals surface area contributed by atoms with Crippen LogP contribution in [0.25, 0.3) is 11.5 Å². The molecular formula is C20H27N5O5. The Morgan fingerprint density at radius 2 is 1.77 bits per heavy atom. The van der Waals surface area contributed by atoms with Crippen LogP contribution in [-0.2, 0) is 9.47 Å². The van der Waals surface area contributed by atoms with E-state index in [1.807, 2.05) is 25.7 Å². The number of anilines is 1. The zero-order valence-electron chi connectivity index (χ0n) is 18.0. The summed E-state index contributed by atoms with van der Waals surface area (Å²) in [5.41, 5.74) is 0.494. The molecule has 2 aromatic heterocycles. The summed E-state index contributed by atoms with van der Waals surface area (Å²) >= 11 is 0. The fourth-order valence-electron chi connectivity index (χ4n) is 2.92. The van der Waals surface area contributed by atoms with Gasteiger partial charge in [-0.25, -0.2) is 24.5 Å². The molecule has 162 valence electrons. The lowest BCUT2D eigenvalue weighted by Crippen LogP contribution is -2.50. The van der Waals surface area contributed by atoms with Crippen LogP contribution >= 0.6 is 0 Å². The minimum Gasteiger partial charge on any atom is -0.460 e. The highest BCUT2D eigenvalue weighted by Crippen LogP contribution is 2.23. The van der Waals surface area contributed by atoms with E-state index in [4.69, 9.17) is 13.9 Å². The molecule has 0 bridgehead atoms. The van der Waals surface area contributed by atoms with Crippen LogP contribution in [0.5, 0.6) is 0 Å². The van der Waals surface area contributed by atoms with Gasteiger partial charge in [-0.05, 0) is 34.6 Å². The van der Waals surface area contributed by atoms with Gasteiger partial charge in [-0.3, -0.25) is 0 Å². The Kier molecular flexibility index (Phi) is 6.23. The van der Waals surface area contributed by atoms with Gasteiger partial charge in [0.15, 0.2) is 0 Å². The zero-order valence-corrected chi connectivity index (χ0v) is 18.0. The fraction of sp³-hybridized carbons (Fsp3) is 0.550. The van der Waals surface area contributed by atoms with E-state index in [2.05, 4.69) is 15.0 Å². The van der Waals surface area contributed by atoms with E-state index in [-0.39, 0.29) is 24.4 Å². The predicted molar refractivity (Wildman–Crippen MR) is 108 cm³/mol. The average molecular weight is 417 g/mol. The van der Waals surface area contributed by atoms with Crippen LogP contribution in [0.2, 0.25) is 0 Å². The smallest absolute Gasteiger partial charge is 0.410 e. The van der Waals surface area contributed by atoms with Gasteiger partial charge in [-0.2, -0.15) is 0 Å². The minimum absolute atomic E-state index is 0.0780. The highest BCUT2D eigenvalue weighted by atomic mass is 16.6. The molecule has 0 aliphatic carbocycles. The first-order chi connectivity index (χ1) is 14.2. The first-order valence-electron chi connectivity index (χ1n) is 9.87. The number of amides is 1. The number of oxazole rings is 1. The lowest BCUT2D eigenvalue weighted by Gasteiger charge is -2.35. The fourth-order valence-corrected chi connectivity index (χ4v) is 2.92. The summed E-state index contributed by atoms with van der Waals surface area (Å²) in [5.74, 6) is 0.344. The van der Waals surface area contributed by atoms with Gasteiger partial charge in [0.2, 0.25) is 17.6 Å². The van der Waals surface area contributed by atoms with Crippen molar-refractivity contribution < 1.29 is 23.5 Å². The van der Waals surface area contributed by atoms with Crippen molar-refractivity contribution in [2.45, 2.75) is 40.2 Å². The van der Waals surface area contributed by atoms with Crippen molar-refractivity contribution in [3.05, 3.63) is 23.8 Å². The average Bonchev–Trinajstić information content (AvgIpc) is 3.09. The molecule has 1 amide bonds. The summed E-state index contributed by atoms with van der Waals surface area (Å²) in [6, 6.07) is 0. The highest BCUT2D eigenvalue weighted by Gasteiger charge is 2.27. The van der Waals surface area contributed by atoms with Crippen molar-refractivity contribution in [1.82, 2.24) is 19.9 Å². The third-order valence-electron chi connectivity index (χ3n) is 4.36. The van der Waals surface area contributed by atoms with Crippen LogP contribution in [0.1, 0.15) is 43.9 Å². The van der Waals surface area contributed by atoms with Crippen molar-refractivity contribution in [2.24, 2.45) is 0 Å². The van der Waals surface area contributed by atoms with Crippen LogP contribution in [-0.4, -0.2) is 70.3 Å². The largest absolute Gasteiger partial charge is 0.460 e. The molecule has 3 heterocycles. The highest BCUT2D eigenvalue weighted by molar-refractivity contribution is 5.87.